The zero-order valence-electron chi connectivity index (χ0n) is 11.0. The third kappa shape index (κ3) is 2.19. The minimum absolute atomic E-state index is 0.0901. The van der Waals surface area contributed by atoms with Crippen molar-refractivity contribution in [3.63, 3.8) is 0 Å². The summed E-state index contributed by atoms with van der Waals surface area (Å²) in [5.41, 5.74) is 1.09. The molecule has 3 rings (SSSR count). The van der Waals surface area contributed by atoms with Crippen molar-refractivity contribution in [3.8, 4) is 0 Å². The summed E-state index contributed by atoms with van der Waals surface area (Å²) in [7, 11) is 0. The number of amides is 1. The molecule has 2 aliphatic heterocycles. The molecule has 0 radical (unpaired) electrons. The highest BCUT2D eigenvalue weighted by Gasteiger charge is 2.52. The molecule has 2 saturated heterocycles. The second-order valence-corrected chi connectivity index (χ2v) is 5.67. The Morgan fingerprint density at radius 1 is 1.47 bits per heavy atom. The minimum atomic E-state index is -0.838. The standard InChI is InChI=1S/C14H18N2O3/c1-14-9-15(13(17)18)8-12(14)16(19-10-14)7-11-5-3-2-4-6-11/h2-6,12H,7-10H2,1H3,(H,17,18)/t12-,14-/m0/s1. The predicted octanol–water partition coefficient (Wildman–Crippen LogP) is 1.80. The van der Waals surface area contributed by atoms with Crippen LogP contribution in [0.25, 0.3) is 0 Å². The molecule has 0 spiro atoms. The van der Waals surface area contributed by atoms with Crippen LogP contribution in [0, 0.1) is 5.41 Å². The van der Waals surface area contributed by atoms with Gasteiger partial charge < -0.3 is 10.0 Å². The van der Waals surface area contributed by atoms with Crippen LogP contribution in [-0.4, -0.2) is 46.9 Å². The van der Waals surface area contributed by atoms with Crippen molar-refractivity contribution in [2.45, 2.75) is 19.5 Å². The number of fused-ring (bicyclic) bond motifs is 1. The number of hydroxylamine groups is 2. The summed E-state index contributed by atoms with van der Waals surface area (Å²) in [5, 5.41) is 11.1. The smallest absolute Gasteiger partial charge is 0.407 e. The molecule has 0 bridgehead atoms. The summed E-state index contributed by atoms with van der Waals surface area (Å²) >= 11 is 0. The van der Waals surface area contributed by atoms with Gasteiger partial charge in [-0.3, -0.25) is 4.84 Å². The van der Waals surface area contributed by atoms with Crippen LogP contribution in [0.3, 0.4) is 0 Å². The number of hydrogen-bond acceptors (Lipinski definition) is 3. The number of rotatable bonds is 2. The third-order valence-corrected chi connectivity index (χ3v) is 4.11. The number of benzene rings is 1. The van der Waals surface area contributed by atoms with Gasteiger partial charge in [-0.15, -0.1) is 0 Å². The van der Waals surface area contributed by atoms with E-state index in [0.29, 0.717) is 26.2 Å². The van der Waals surface area contributed by atoms with E-state index in [0.717, 1.165) is 0 Å². The van der Waals surface area contributed by atoms with E-state index in [1.165, 1.54) is 10.5 Å². The van der Waals surface area contributed by atoms with Gasteiger partial charge in [0.05, 0.1) is 12.6 Å². The summed E-state index contributed by atoms with van der Waals surface area (Å²) in [6.07, 6.45) is -0.838. The van der Waals surface area contributed by atoms with E-state index in [1.807, 2.05) is 23.3 Å². The average Bonchev–Trinajstić information content (AvgIpc) is 2.87. The average molecular weight is 262 g/mol. The zero-order valence-corrected chi connectivity index (χ0v) is 11.0. The first-order chi connectivity index (χ1) is 9.08. The molecule has 2 atom stereocenters. The molecule has 2 fully saturated rings. The lowest BCUT2D eigenvalue weighted by Gasteiger charge is -2.24. The first-order valence-corrected chi connectivity index (χ1v) is 6.50. The molecule has 0 unspecified atom stereocenters. The molecule has 102 valence electrons. The van der Waals surface area contributed by atoms with Gasteiger partial charge in [0.2, 0.25) is 0 Å². The molecule has 19 heavy (non-hydrogen) atoms. The maximum Gasteiger partial charge on any atom is 0.407 e. The van der Waals surface area contributed by atoms with E-state index in [1.54, 1.807) is 0 Å². The van der Waals surface area contributed by atoms with Gasteiger partial charge in [0, 0.05) is 25.0 Å². The van der Waals surface area contributed by atoms with Gasteiger partial charge in [-0.05, 0) is 5.56 Å². The van der Waals surface area contributed by atoms with Gasteiger partial charge in [-0.2, -0.15) is 5.06 Å². The van der Waals surface area contributed by atoms with Crippen molar-refractivity contribution < 1.29 is 14.7 Å². The Balaban J connectivity index is 1.74. The summed E-state index contributed by atoms with van der Waals surface area (Å²) in [5.74, 6) is 0. The SMILES string of the molecule is C[C@]12CON(Cc3ccccc3)[C@H]1CN(C(=O)O)C2. The van der Waals surface area contributed by atoms with E-state index in [9.17, 15) is 4.79 Å². The molecule has 2 heterocycles. The Bertz CT molecular complexity index is 479. The van der Waals surface area contributed by atoms with Crippen LogP contribution in [-0.2, 0) is 11.4 Å². The lowest BCUT2D eigenvalue weighted by molar-refractivity contribution is -0.141. The van der Waals surface area contributed by atoms with E-state index < -0.39 is 6.09 Å². The van der Waals surface area contributed by atoms with Crippen molar-refractivity contribution in [1.82, 2.24) is 9.96 Å². The van der Waals surface area contributed by atoms with E-state index in [-0.39, 0.29) is 11.5 Å². The van der Waals surface area contributed by atoms with E-state index in [4.69, 9.17) is 9.94 Å². The lowest BCUT2D eigenvalue weighted by Crippen LogP contribution is -2.37. The Morgan fingerprint density at radius 3 is 2.89 bits per heavy atom. The second-order valence-electron chi connectivity index (χ2n) is 5.67. The quantitative estimate of drug-likeness (QED) is 0.883. The predicted molar refractivity (Wildman–Crippen MR) is 69.4 cm³/mol. The molecule has 1 aromatic rings. The summed E-state index contributed by atoms with van der Waals surface area (Å²) in [4.78, 5) is 18.4. The zero-order chi connectivity index (χ0) is 13.5. The highest BCUT2D eigenvalue weighted by atomic mass is 16.7. The summed E-state index contributed by atoms with van der Waals surface area (Å²) in [6.45, 7) is 4.48. The van der Waals surface area contributed by atoms with Gasteiger partial charge in [-0.25, -0.2) is 4.79 Å². The van der Waals surface area contributed by atoms with Gasteiger partial charge in [0.15, 0.2) is 0 Å². The van der Waals surface area contributed by atoms with Gasteiger partial charge in [-0.1, -0.05) is 37.3 Å². The van der Waals surface area contributed by atoms with Gasteiger partial charge in [0.25, 0.3) is 0 Å². The normalized spacial score (nSPS) is 30.6. The Kier molecular flexibility index (Phi) is 2.95. The Morgan fingerprint density at radius 2 is 2.21 bits per heavy atom. The highest BCUT2D eigenvalue weighted by molar-refractivity contribution is 5.65. The minimum Gasteiger partial charge on any atom is -0.465 e. The van der Waals surface area contributed by atoms with Crippen LogP contribution in [0.15, 0.2) is 30.3 Å². The number of nitrogens with zero attached hydrogens (tertiary/aromatic N) is 2. The van der Waals surface area contributed by atoms with Gasteiger partial charge >= 0.3 is 6.09 Å². The highest BCUT2D eigenvalue weighted by Crippen LogP contribution is 2.40. The van der Waals surface area contributed by atoms with Crippen LogP contribution in [0.4, 0.5) is 4.79 Å². The van der Waals surface area contributed by atoms with Crippen LogP contribution >= 0.6 is 0 Å². The summed E-state index contributed by atoms with van der Waals surface area (Å²) < 4.78 is 0. The van der Waals surface area contributed by atoms with Crippen LogP contribution < -0.4 is 0 Å². The first-order valence-electron chi connectivity index (χ1n) is 6.50. The fourth-order valence-corrected chi connectivity index (χ4v) is 3.00. The molecule has 5 nitrogen and oxygen atoms in total. The Hall–Kier alpha value is -1.59. The first kappa shape index (κ1) is 12.4. The molecule has 1 aromatic carbocycles. The monoisotopic (exact) mass is 262 g/mol. The number of likely N-dealkylation sites (tertiary alicyclic amines) is 1. The lowest BCUT2D eigenvalue weighted by atomic mass is 9.87. The van der Waals surface area contributed by atoms with Gasteiger partial charge in [0.1, 0.15) is 0 Å². The van der Waals surface area contributed by atoms with E-state index >= 15 is 0 Å². The number of carboxylic acid groups (broad SMARTS) is 1. The Labute approximate surface area is 112 Å². The van der Waals surface area contributed by atoms with Crippen molar-refractivity contribution >= 4 is 6.09 Å². The number of carbonyl (C=O) groups is 1. The fraction of sp³-hybridized carbons (Fsp3) is 0.500. The summed E-state index contributed by atoms with van der Waals surface area (Å²) in [6, 6.07) is 10.3. The molecular formula is C14H18N2O3. The maximum atomic E-state index is 11.1. The van der Waals surface area contributed by atoms with Crippen molar-refractivity contribution in [3.05, 3.63) is 35.9 Å². The van der Waals surface area contributed by atoms with Crippen molar-refractivity contribution in [1.29, 1.82) is 0 Å². The maximum absolute atomic E-state index is 11.1. The molecule has 0 aromatic heterocycles. The molecule has 0 aliphatic carbocycles. The van der Waals surface area contributed by atoms with Crippen molar-refractivity contribution in [2.24, 2.45) is 5.41 Å². The molecule has 0 saturated carbocycles. The third-order valence-electron chi connectivity index (χ3n) is 4.11. The fourth-order valence-electron chi connectivity index (χ4n) is 3.00. The van der Waals surface area contributed by atoms with Crippen LogP contribution in [0.5, 0.6) is 0 Å². The topological polar surface area (TPSA) is 53.0 Å². The van der Waals surface area contributed by atoms with Crippen LogP contribution in [0.1, 0.15) is 12.5 Å². The molecule has 1 amide bonds. The molecular weight excluding hydrogens is 244 g/mol. The largest absolute Gasteiger partial charge is 0.465 e. The van der Waals surface area contributed by atoms with Crippen molar-refractivity contribution in [2.75, 3.05) is 19.7 Å². The van der Waals surface area contributed by atoms with Crippen LogP contribution in [0.2, 0.25) is 0 Å². The number of hydrogen-bond donors (Lipinski definition) is 1. The van der Waals surface area contributed by atoms with E-state index in [2.05, 4.69) is 19.1 Å². The molecule has 5 heteroatoms. The molecule has 2 aliphatic rings. The second kappa shape index (κ2) is 4.51. The molecule has 1 N–H and O–H groups in total.